The van der Waals surface area contributed by atoms with Gasteiger partial charge in [-0.15, -0.1) is 0 Å². The second-order valence-electron chi connectivity index (χ2n) is 3.69. The monoisotopic (exact) mass is 234 g/mol. The number of nitrogen functional groups attached to an aromatic ring is 1. The fourth-order valence-corrected chi connectivity index (χ4v) is 1.33. The minimum Gasteiger partial charge on any atom is -0.491 e. The van der Waals surface area contributed by atoms with Crippen molar-refractivity contribution in [2.45, 2.75) is 26.7 Å². The fraction of sp³-hybridized carbons (Fsp3) is 0.462. The topological polar surface area (TPSA) is 68.3 Å². The molecule has 0 fully saturated rings. The highest BCUT2D eigenvalue weighted by Gasteiger charge is 2.10. The minimum atomic E-state index is 0.464. The summed E-state index contributed by atoms with van der Waals surface area (Å²) in [6.45, 7) is 5.18. The zero-order valence-corrected chi connectivity index (χ0v) is 10.3. The highest BCUT2D eigenvalue weighted by Crippen LogP contribution is 2.33. The van der Waals surface area contributed by atoms with Crippen molar-refractivity contribution in [2.75, 3.05) is 18.9 Å². The van der Waals surface area contributed by atoms with E-state index in [0.717, 1.165) is 12.8 Å². The molecule has 0 aliphatic heterocycles. The van der Waals surface area contributed by atoms with E-state index in [1.54, 1.807) is 12.1 Å². The van der Waals surface area contributed by atoms with Gasteiger partial charge in [-0.05, 0) is 12.8 Å². The Bertz CT molecular complexity index is 381. The Balaban J connectivity index is 2.99. The molecule has 0 aromatic heterocycles. The van der Waals surface area contributed by atoms with Crippen LogP contribution >= 0.6 is 0 Å². The molecule has 0 aliphatic carbocycles. The summed E-state index contributed by atoms with van der Waals surface area (Å²) in [4.78, 5) is 0. The van der Waals surface area contributed by atoms with Crippen LogP contribution in [0.1, 0.15) is 32.3 Å². The van der Waals surface area contributed by atoms with Crippen molar-refractivity contribution in [1.82, 2.24) is 0 Å². The lowest BCUT2D eigenvalue weighted by Gasteiger charge is -2.13. The molecule has 1 rings (SSSR count). The third kappa shape index (κ3) is 3.56. The Morgan fingerprint density at radius 2 is 1.59 bits per heavy atom. The number of rotatable bonds is 6. The summed E-state index contributed by atoms with van der Waals surface area (Å²) in [5, 5.41) is 8.93. The molecular weight excluding hydrogens is 216 g/mol. The Kier molecular flexibility index (Phi) is 5.15. The third-order valence-corrected chi connectivity index (χ3v) is 2.16. The second-order valence-corrected chi connectivity index (χ2v) is 3.69. The van der Waals surface area contributed by atoms with Crippen LogP contribution < -0.4 is 15.2 Å². The Labute approximate surface area is 102 Å². The first kappa shape index (κ1) is 13.2. The Morgan fingerprint density at radius 3 is 1.94 bits per heavy atom. The van der Waals surface area contributed by atoms with E-state index in [0.29, 0.717) is 36.0 Å². The van der Waals surface area contributed by atoms with Crippen molar-refractivity contribution in [3.8, 4) is 17.6 Å². The van der Waals surface area contributed by atoms with Gasteiger partial charge >= 0.3 is 0 Å². The van der Waals surface area contributed by atoms with Gasteiger partial charge in [-0.3, -0.25) is 0 Å². The van der Waals surface area contributed by atoms with Gasteiger partial charge in [-0.25, -0.2) is 0 Å². The molecule has 17 heavy (non-hydrogen) atoms. The quantitative estimate of drug-likeness (QED) is 0.768. The zero-order valence-electron chi connectivity index (χ0n) is 10.3. The molecule has 0 spiro atoms. The average Bonchev–Trinajstić information content (AvgIpc) is 2.36. The zero-order chi connectivity index (χ0) is 12.7. The highest BCUT2D eigenvalue weighted by atomic mass is 16.5. The van der Waals surface area contributed by atoms with Crippen molar-refractivity contribution in [3.63, 3.8) is 0 Å². The largest absolute Gasteiger partial charge is 0.491 e. The molecule has 0 amide bonds. The summed E-state index contributed by atoms with van der Waals surface area (Å²) in [6.07, 6.45) is 1.78. The molecule has 0 aliphatic rings. The maximum atomic E-state index is 8.93. The Hall–Kier alpha value is -1.89. The number of nitrogens with zero attached hydrogens (tertiary/aromatic N) is 1. The summed E-state index contributed by atoms with van der Waals surface area (Å²) >= 11 is 0. The van der Waals surface area contributed by atoms with E-state index in [9.17, 15) is 0 Å². The molecule has 2 N–H and O–H groups in total. The van der Waals surface area contributed by atoms with Gasteiger partial charge in [0, 0.05) is 12.1 Å². The molecule has 0 saturated heterocycles. The number of nitriles is 1. The molecule has 0 heterocycles. The summed E-state index contributed by atoms with van der Waals surface area (Å²) in [6, 6.07) is 5.36. The van der Waals surface area contributed by atoms with Gasteiger partial charge in [-0.2, -0.15) is 5.26 Å². The van der Waals surface area contributed by atoms with Gasteiger partial charge < -0.3 is 15.2 Å². The van der Waals surface area contributed by atoms with Gasteiger partial charge in [0.2, 0.25) is 0 Å². The molecule has 1 aromatic carbocycles. The molecule has 0 saturated carbocycles. The van der Waals surface area contributed by atoms with Crippen LogP contribution in [0, 0.1) is 11.3 Å². The molecule has 0 radical (unpaired) electrons. The molecule has 0 unspecified atom stereocenters. The molecule has 0 atom stereocenters. The Morgan fingerprint density at radius 1 is 1.12 bits per heavy atom. The van der Waals surface area contributed by atoms with Gasteiger partial charge in [0.1, 0.15) is 17.2 Å². The summed E-state index contributed by atoms with van der Waals surface area (Å²) < 4.78 is 11.0. The van der Waals surface area contributed by atoms with Crippen LogP contribution in [0.25, 0.3) is 0 Å². The highest BCUT2D eigenvalue weighted by molar-refractivity contribution is 5.65. The number of hydrogen-bond acceptors (Lipinski definition) is 4. The summed E-state index contributed by atoms with van der Waals surface area (Å²) in [7, 11) is 0. The van der Waals surface area contributed by atoms with Gasteiger partial charge in [-0.1, -0.05) is 13.8 Å². The van der Waals surface area contributed by atoms with Gasteiger partial charge in [0.15, 0.2) is 0 Å². The predicted octanol–water partition coefficient (Wildman–Crippen LogP) is 2.72. The van der Waals surface area contributed by atoms with Crippen molar-refractivity contribution in [1.29, 1.82) is 5.26 Å². The normalized spacial score (nSPS) is 9.71. The first-order valence-electron chi connectivity index (χ1n) is 5.82. The standard InChI is InChI=1S/C13H18N2O2/c1-3-5-16-11-7-10(9-14)8-12(13(11)15)17-6-4-2/h7-8H,3-6,15H2,1-2H3. The fourth-order valence-electron chi connectivity index (χ4n) is 1.33. The number of nitrogens with two attached hydrogens (primary N) is 1. The van der Waals surface area contributed by atoms with Crippen molar-refractivity contribution < 1.29 is 9.47 Å². The molecule has 0 bridgehead atoms. The molecule has 1 aromatic rings. The lowest BCUT2D eigenvalue weighted by Crippen LogP contribution is -2.04. The molecule has 4 heteroatoms. The minimum absolute atomic E-state index is 0.464. The van der Waals surface area contributed by atoms with E-state index < -0.39 is 0 Å². The molecule has 92 valence electrons. The third-order valence-electron chi connectivity index (χ3n) is 2.16. The lowest BCUT2D eigenvalue weighted by atomic mass is 10.2. The van der Waals surface area contributed by atoms with Crippen LogP contribution in [-0.4, -0.2) is 13.2 Å². The van der Waals surface area contributed by atoms with E-state index >= 15 is 0 Å². The van der Waals surface area contributed by atoms with Crippen LogP contribution in [0.2, 0.25) is 0 Å². The molecular formula is C13H18N2O2. The van der Waals surface area contributed by atoms with E-state index in [-0.39, 0.29) is 0 Å². The van der Waals surface area contributed by atoms with Crippen LogP contribution in [-0.2, 0) is 0 Å². The predicted molar refractivity (Wildman–Crippen MR) is 67.1 cm³/mol. The first-order chi connectivity index (χ1) is 8.22. The van der Waals surface area contributed by atoms with Crippen molar-refractivity contribution >= 4 is 5.69 Å². The van der Waals surface area contributed by atoms with Crippen LogP contribution in [0.4, 0.5) is 5.69 Å². The van der Waals surface area contributed by atoms with E-state index in [2.05, 4.69) is 6.07 Å². The van der Waals surface area contributed by atoms with Crippen LogP contribution in [0.3, 0.4) is 0 Å². The SMILES string of the molecule is CCCOc1cc(C#N)cc(OCCC)c1N. The summed E-state index contributed by atoms with van der Waals surface area (Å²) in [5.41, 5.74) is 6.89. The average molecular weight is 234 g/mol. The van der Waals surface area contributed by atoms with E-state index in [1.807, 2.05) is 13.8 Å². The second kappa shape index (κ2) is 6.64. The van der Waals surface area contributed by atoms with Gasteiger partial charge in [0.05, 0.1) is 24.8 Å². The van der Waals surface area contributed by atoms with E-state index in [1.165, 1.54) is 0 Å². The molecule has 4 nitrogen and oxygen atoms in total. The number of hydrogen-bond donors (Lipinski definition) is 1. The number of ether oxygens (including phenoxy) is 2. The van der Waals surface area contributed by atoms with Crippen molar-refractivity contribution in [2.24, 2.45) is 0 Å². The first-order valence-corrected chi connectivity index (χ1v) is 5.82. The number of anilines is 1. The van der Waals surface area contributed by atoms with E-state index in [4.69, 9.17) is 20.5 Å². The lowest BCUT2D eigenvalue weighted by molar-refractivity contribution is 0.304. The van der Waals surface area contributed by atoms with Crippen LogP contribution in [0.15, 0.2) is 12.1 Å². The smallest absolute Gasteiger partial charge is 0.147 e. The maximum absolute atomic E-state index is 8.93. The van der Waals surface area contributed by atoms with Gasteiger partial charge in [0.25, 0.3) is 0 Å². The summed E-state index contributed by atoms with van der Waals surface area (Å²) in [5.74, 6) is 1.05. The number of benzene rings is 1. The van der Waals surface area contributed by atoms with Crippen molar-refractivity contribution in [3.05, 3.63) is 17.7 Å². The maximum Gasteiger partial charge on any atom is 0.147 e. The van der Waals surface area contributed by atoms with Crippen LogP contribution in [0.5, 0.6) is 11.5 Å².